The zero-order chi connectivity index (χ0) is 26.3. The fourth-order valence-electron chi connectivity index (χ4n) is 4.14. The number of rotatable bonds is 11. The smallest absolute Gasteiger partial charge is 0.228 e. The van der Waals surface area contributed by atoms with Crippen LogP contribution >= 0.6 is 0 Å². The molecule has 4 heterocycles. The van der Waals surface area contributed by atoms with Crippen LogP contribution in [-0.2, 0) is 9.57 Å². The number of nitrogens with one attached hydrogen (secondary N) is 3. The highest BCUT2D eigenvalue weighted by Crippen LogP contribution is 2.23. The van der Waals surface area contributed by atoms with Crippen molar-refractivity contribution in [3.8, 4) is 5.88 Å². The molecular formula is C26H33FN8O3. The standard InChI is InChI=1S/C26H33FN8O3/c1-17(2)21-14-24(33-32-21)29-23-15-25(37-12-9-35-7-10-36-11-8-35)31-26(30-23)28-16-20-13-22(34-38-20)18-3-5-19(27)6-4-18/h3-6,14-15,17,20H,7-13,16H2,1-2H3,(H3,28,29,30,31,32,33). The van der Waals surface area contributed by atoms with Gasteiger partial charge in [0.15, 0.2) is 0 Å². The fraction of sp³-hybridized carbons (Fsp3) is 0.462. The Morgan fingerprint density at radius 1 is 1.16 bits per heavy atom. The van der Waals surface area contributed by atoms with Crippen LogP contribution in [0.3, 0.4) is 0 Å². The summed E-state index contributed by atoms with van der Waals surface area (Å²) in [5, 5.41) is 18.0. The van der Waals surface area contributed by atoms with E-state index >= 15 is 0 Å². The van der Waals surface area contributed by atoms with E-state index in [9.17, 15) is 4.39 Å². The predicted octanol–water partition coefficient (Wildman–Crippen LogP) is 3.52. The lowest BCUT2D eigenvalue weighted by atomic mass is 10.1. The van der Waals surface area contributed by atoms with Crippen LogP contribution in [0.25, 0.3) is 0 Å². The van der Waals surface area contributed by atoms with E-state index in [4.69, 9.17) is 14.3 Å². The van der Waals surface area contributed by atoms with E-state index in [1.54, 1.807) is 18.2 Å². The molecule has 1 unspecified atom stereocenters. The highest BCUT2D eigenvalue weighted by Gasteiger charge is 2.23. The number of nitrogens with zero attached hydrogens (tertiary/aromatic N) is 5. The topological polar surface area (TPSA) is 122 Å². The van der Waals surface area contributed by atoms with Gasteiger partial charge in [0.1, 0.15) is 30.2 Å². The minimum atomic E-state index is -0.282. The lowest BCUT2D eigenvalue weighted by Crippen LogP contribution is -2.38. The number of H-pyrrole nitrogens is 1. The second kappa shape index (κ2) is 12.2. The maximum atomic E-state index is 13.2. The first kappa shape index (κ1) is 25.9. The quantitative estimate of drug-likeness (QED) is 0.346. The molecule has 5 rings (SSSR count). The Kier molecular flexibility index (Phi) is 8.29. The number of aromatic amines is 1. The summed E-state index contributed by atoms with van der Waals surface area (Å²) in [7, 11) is 0. The predicted molar refractivity (Wildman–Crippen MR) is 142 cm³/mol. The molecule has 0 spiro atoms. The van der Waals surface area contributed by atoms with Gasteiger partial charge in [-0.25, -0.2) is 4.39 Å². The molecule has 2 aromatic heterocycles. The number of benzene rings is 1. The summed E-state index contributed by atoms with van der Waals surface area (Å²) < 4.78 is 24.7. The Hall–Kier alpha value is -3.77. The highest BCUT2D eigenvalue weighted by atomic mass is 19.1. The van der Waals surface area contributed by atoms with E-state index in [1.807, 2.05) is 6.07 Å². The van der Waals surface area contributed by atoms with Gasteiger partial charge in [-0.2, -0.15) is 15.1 Å². The molecule has 1 aromatic carbocycles. The van der Waals surface area contributed by atoms with Gasteiger partial charge in [0.2, 0.25) is 11.8 Å². The summed E-state index contributed by atoms with van der Waals surface area (Å²) in [6, 6.07) is 9.96. The molecule has 11 nitrogen and oxygen atoms in total. The van der Waals surface area contributed by atoms with Gasteiger partial charge >= 0.3 is 0 Å². The van der Waals surface area contributed by atoms with Gasteiger partial charge in [0, 0.05) is 38.2 Å². The van der Waals surface area contributed by atoms with Gasteiger partial charge in [-0.05, 0) is 23.6 Å². The van der Waals surface area contributed by atoms with E-state index in [-0.39, 0.29) is 11.9 Å². The molecule has 1 fully saturated rings. The molecule has 2 aliphatic heterocycles. The summed E-state index contributed by atoms with van der Waals surface area (Å²) in [5.74, 6) is 2.18. The maximum absolute atomic E-state index is 13.2. The third kappa shape index (κ3) is 6.95. The molecule has 3 N–H and O–H groups in total. The second-order valence-electron chi connectivity index (χ2n) is 9.56. The summed E-state index contributed by atoms with van der Waals surface area (Å²) >= 11 is 0. The minimum absolute atomic E-state index is 0.206. The van der Waals surface area contributed by atoms with Crippen molar-refractivity contribution < 1.29 is 18.7 Å². The zero-order valence-electron chi connectivity index (χ0n) is 21.6. The van der Waals surface area contributed by atoms with Gasteiger partial charge in [-0.1, -0.05) is 31.1 Å². The van der Waals surface area contributed by atoms with E-state index in [0.29, 0.717) is 43.1 Å². The highest BCUT2D eigenvalue weighted by molar-refractivity contribution is 6.01. The molecule has 1 saturated heterocycles. The Bertz CT molecular complexity index is 1230. The van der Waals surface area contributed by atoms with Gasteiger partial charge in [0.05, 0.1) is 31.2 Å². The van der Waals surface area contributed by atoms with E-state index < -0.39 is 0 Å². The van der Waals surface area contributed by atoms with E-state index in [1.165, 1.54) is 12.1 Å². The minimum Gasteiger partial charge on any atom is -0.476 e. The molecule has 12 heteroatoms. The molecule has 0 bridgehead atoms. The number of halogens is 1. The zero-order valence-corrected chi connectivity index (χ0v) is 21.6. The van der Waals surface area contributed by atoms with Gasteiger partial charge < -0.3 is 24.9 Å². The number of morpholine rings is 1. The van der Waals surface area contributed by atoms with Crippen LogP contribution < -0.4 is 15.4 Å². The lowest BCUT2D eigenvalue weighted by molar-refractivity contribution is 0.0320. The van der Waals surface area contributed by atoms with Crippen molar-refractivity contribution in [1.29, 1.82) is 0 Å². The van der Waals surface area contributed by atoms with Crippen molar-refractivity contribution in [3.63, 3.8) is 0 Å². The van der Waals surface area contributed by atoms with Crippen LogP contribution in [0.5, 0.6) is 5.88 Å². The molecule has 0 amide bonds. The Balaban J connectivity index is 1.22. The first-order valence-corrected chi connectivity index (χ1v) is 12.9. The molecule has 202 valence electrons. The first-order valence-electron chi connectivity index (χ1n) is 12.9. The number of anilines is 3. The van der Waals surface area contributed by atoms with Gasteiger partial charge in [-0.15, -0.1) is 0 Å². The Morgan fingerprint density at radius 3 is 2.74 bits per heavy atom. The third-order valence-electron chi connectivity index (χ3n) is 6.31. The number of hydrogen-bond donors (Lipinski definition) is 3. The SMILES string of the molecule is CC(C)c1cc(Nc2cc(OCCN3CCOCC3)nc(NCC3CC(c4ccc(F)cc4)=NO3)n2)[nH]n1. The number of ether oxygens (including phenoxy) is 2. The van der Waals surface area contributed by atoms with Crippen molar-refractivity contribution in [2.75, 3.05) is 56.6 Å². The van der Waals surface area contributed by atoms with Crippen LogP contribution in [0.1, 0.15) is 37.4 Å². The lowest BCUT2D eigenvalue weighted by Gasteiger charge is -2.26. The summed E-state index contributed by atoms with van der Waals surface area (Å²) in [5.41, 5.74) is 2.57. The van der Waals surface area contributed by atoms with Crippen molar-refractivity contribution in [1.82, 2.24) is 25.1 Å². The molecule has 0 saturated carbocycles. The monoisotopic (exact) mass is 524 g/mol. The average molecular weight is 525 g/mol. The molecule has 0 radical (unpaired) electrons. The molecule has 0 aliphatic carbocycles. The largest absolute Gasteiger partial charge is 0.476 e. The van der Waals surface area contributed by atoms with Crippen LogP contribution in [0.15, 0.2) is 41.6 Å². The summed E-state index contributed by atoms with van der Waals surface area (Å²) in [6.45, 7) is 9.18. The summed E-state index contributed by atoms with van der Waals surface area (Å²) in [4.78, 5) is 17.0. The molecule has 2 aliphatic rings. The number of hydrogen-bond acceptors (Lipinski definition) is 10. The van der Waals surface area contributed by atoms with Crippen LogP contribution in [0, 0.1) is 5.82 Å². The second-order valence-corrected chi connectivity index (χ2v) is 9.56. The number of oxime groups is 1. The van der Waals surface area contributed by atoms with Crippen molar-refractivity contribution >= 4 is 23.3 Å². The molecular weight excluding hydrogens is 491 g/mol. The van der Waals surface area contributed by atoms with Crippen LogP contribution in [-0.4, -0.2) is 82.9 Å². The van der Waals surface area contributed by atoms with Gasteiger partial charge in [-0.3, -0.25) is 10.00 Å². The normalized spacial score (nSPS) is 17.8. The van der Waals surface area contributed by atoms with Crippen molar-refractivity contribution in [2.45, 2.75) is 32.3 Å². The molecule has 1 atom stereocenters. The van der Waals surface area contributed by atoms with Crippen LogP contribution in [0.4, 0.5) is 22.0 Å². The fourth-order valence-corrected chi connectivity index (χ4v) is 4.14. The molecule has 3 aromatic rings. The summed E-state index contributed by atoms with van der Waals surface area (Å²) in [6.07, 6.45) is 0.383. The number of aromatic nitrogens is 4. The van der Waals surface area contributed by atoms with Crippen molar-refractivity contribution in [3.05, 3.63) is 53.5 Å². The van der Waals surface area contributed by atoms with E-state index in [0.717, 1.165) is 55.6 Å². The molecule has 38 heavy (non-hydrogen) atoms. The van der Waals surface area contributed by atoms with E-state index in [2.05, 4.69) is 54.7 Å². The Labute approximate surface area is 220 Å². The Morgan fingerprint density at radius 2 is 1.97 bits per heavy atom. The van der Waals surface area contributed by atoms with Gasteiger partial charge in [0.25, 0.3) is 0 Å². The average Bonchev–Trinajstić information content (AvgIpc) is 3.59. The van der Waals surface area contributed by atoms with Crippen molar-refractivity contribution in [2.24, 2.45) is 5.16 Å². The maximum Gasteiger partial charge on any atom is 0.228 e. The first-order chi connectivity index (χ1) is 18.5. The third-order valence-corrected chi connectivity index (χ3v) is 6.31. The van der Waals surface area contributed by atoms with Crippen LogP contribution in [0.2, 0.25) is 0 Å².